The fourth-order valence-electron chi connectivity index (χ4n) is 2.34. The number of rotatable bonds is 3. The summed E-state index contributed by atoms with van der Waals surface area (Å²) in [7, 11) is 0. The summed E-state index contributed by atoms with van der Waals surface area (Å²) in [5.41, 5.74) is 7.99. The second kappa shape index (κ2) is 5.55. The van der Waals surface area contributed by atoms with E-state index in [0.29, 0.717) is 29.5 Å². The van der Waals surface area contributed by atoms with E-state index in [9.17, 15) is 10.0 Å². The van der Waals surface area contributed by atoms with Gasteiger partial charge in [-0.05, 0) is 23.6 Å². The number of amides is 1. The lowest BCUT2D eigenvalue weighted by Gasteiger charge is -2.27. The molecule has 21 heavy (non-hydrogen) atoms. The highest BCUT2D eigenvalue weighted by Gasteiger charge is 2.29. The van der Waals surface area contributed by atoms with Crippen molar-refractivity contribution in [2.45, 2.75) is 19.1 Å². The zero-order valence-corrected chi connectivity index (χ0v) is 11.4. The van der Waals surface area contributed by atoms with E-state index >= 15 is 0 Å². The van der Waals surface area contributed by atoms with Crippen LogP contribution >= 0.6 is 0 Å². The lowest BCUT2D eigenvalue weighted by atomic mass is 9.99. The molecular formula is C16H16N2O3. The first-order valence-electron chi connectivity index (χ1n) is 6.73. The van der Waals surface area contributed by atoms with Crippen LogP contribution in [0.1, 0.15) is 11.1 Å². The van der Waals surface area contributed by atoms with Crippen LogP contribution in [0.15, 0.2) is 48.5 Å². The maximum absolute atomic E-state index is 11.7. The van der Waals surface area contributed by atoms with Crippen molar-refractivity contribution in [2.24, 2.45) is 5.73 Å². The van der Waals surface area contributed by atoms with Gasteiger partial charge in [-0.3, -0.25) is 10.0 Å². The number of benzene rings is 2. The van der Waals surface area contributed by atoms with Gasteiger partial charge in [-0.1, -0.05) is 36.4 Å². The standard InChI is InChI=1S/C16H16N2O3/c17-14-8-12-6-7-13(9-15(12)18(20)16(14)19)21-10-11-4-2-1-3-5-11/h1-7,9,14,20H,8,10,17H2/t14-/m0/s1. The van der Waals surface area contributed by atoms with Gasteiger partial charge in [0.25, 0.3) is 5.91 Å². The molecule has 2 aromatic carbocycles. The number of hydrogen-bond donors (Lipinski definition) is 2. The molecule has 3 N–H and O–H groups in total. The number of hydrogen-bond acceptors (Lipinski definition) is 4. The van der Waals surface area contributed by atoms with Gasteiger partial charge in [0.15, 0.2) is 0 Å². The van der Waals surface area contributed by atoms with Crippen LogP contribution in [-0.4, -0.2) is 17.2 Å². The average molecular weight is 284 g/mol. The van der Waals surface area contributed by atoms with Gasteiger partial charge < -0.3 is 10.5 Å². The summed E-state index contributed by atoms with van der Waals surface area (Å²) in [5.74, 6) is 0.0997. The Labute approximate surface area is 122 Å². The molecule has 3 rings (SSSR count). The van der Waals surface area contributed by atoms with E-state index in [1.165, 1.54) is 0 Å². The molecule has 1 atom stereocenters. The first-order valence-corrected chi connectivity index (χ1v) is 6.73. The molecule has 2 aromatic rings. The fourth-order valence-corrected chi connectivity index (χ4v) is 2.34. The molecule has 0 radical (unpaired) electrons. The Morgan fingerprint density at radius 1 is 1.24 bits per heavy atom. The molecule has 0 fully saturated rings. The van der Waals surface area contributed by atoms with Crippen molar-refractivity contribution >= 4 is 11.6 Å². The third-order valence-electron chi connectivity index (χ3n) is 3.50. The molecular weight excluding hydrogens is 268 g/mol. The Bertz CT molecular complexity index is 658. The monoisotopic (exact) mass is 284 g/mol. The van der Waals surface area contributed by atoms with Crippen LogP contribution in [0.25, 0.3) is 0 Å². The van der Waals surface area contributed by atoms with Crippen LogP contribution < -0.4 is 15.5 Å². The van der Waals surface area contributed by atoms with Gasteiger partial charge >= 0.3 is 0 Å². The number of anilines is 1. The highest BCUT2D eigenvalue weighted by molar-refractivity contribution is 5.98. The predicted octanol–water partition coefficient (Wildman–Crippen LogP) is 1.87. The summed E-state index contributed by atoms with van der Waals surface area (Å²) >= 11 is 0. The summed E-state index contributed by atoms with van der Waals surface area (Å²) < 4.78 is 5.69. The number of nitrogens with two attached hydrogens (primary N) is 1. The molecule has 1 aliphatic rings. The first-order chi connectivity index (χ1) is 10.1. The molecule has 0 saturated carbocycles. The Kier molecular flexibility index (Phi) is 3.60. The van der Waals surface area contributed by atoms with E-state index < -0.39 is 11.9 Å². The Hall–Kier alpha value is -2.37. The van der Waals surface area contributed by atoms with Gasteiger partial charge in [0.05, 0.1) is 11.7 Å². The maximum atomic E-state index is 11.7. The quantitative estimate of drug-likeness (QED) is 0.844. The summed E-state index contributed by atoms with van der Waals surface area (Å²) in [6, 6.07) is 14.4. The molecule has 1 amide bonds. The minimum Gasteiger partial charge on any atom is -0.489 e. The van der Waals surface area contributed by atoms with E-state index in [2.05, 4.69) is 0 Å². The number of hydroxylamine groups is 1. The molecule has 1 aliphatic heterocycles. The highest BCUT2D eigenvalue weighted by Crippen LogP contribution is 2.30. The molecule has 5 nitrogen and oxygen atoms in total. The minimum atomic E-state index is -0.696. The summed E-state index contributed by atoms with van der Waals surface area (Å²) in [5, 5.41) is 10.5. The Balaban J connectivity index is 1.78. The highest BCUT2D eigenvalue weighted by atomic mass is 16.5. The smallest absolute Gasteiger partial charge is 0.267 e. The average Bonchev–Trinajstić information content (AvgIpc) is 2.52. The van der Waals surface area contributed by atoms with E-state index in [-0.39, 0.29) is 0 Å². The van der Waals surface area contributed by atoms with Crippen LogP contribution in [0.4, 0.5) is 5.69 Å². The molecule has 0 aromatic heterocycles. The third-order valence-corrected chi connectivity index (χ3v) is 3.50. The van der Waals surface area contributed by atoms with Crippen molar-refractivity contribution in [3.8, 4) is 5.75 Å². The lowest BCUT2D eigenvalue weighted by molar-refractivity contribution is -0.125. The third kappa shape index (κ3) is 2.74. The minimum absolute atomic E-state index is 0.421. The lowest BCUT2D eigenvalue weighted by Crippen LogP contribution is -2.47. The van der Waals surface area contributed by atoms with Gasteiger partial charge in [-0.2, -0.15) is 5.06 Å². The van der Waals surface area contributed by atoms with Gasteiger partial charge in [-0.25, -0.2) is 0 Å². The molecule has 108 valence electrons. The first kappa shape index (κ1) is 13.6. The van der Waals surface area contributed by atoms with Crippen molar-refractivity contribution in [3.63, 3.8) is 0 Å². The second-order valence-corrected chi connectivity index (χ2v) is 5.03. The van der Waals surface area contributed by atoms with Crippen molar-refractivity contribution in [1.29, 1.82) is 0 Å². The molecule has 0 saturated heterocycles. The number of carbonyl (C=O) groups is 1. The van der Waals surface area contributed by atoms with Gasteiger partial charge in [0.2, 0.25) is 0 Å². The zero-order valence-electron chi connectivity index (χ0n) is 11.4. The molecule has 0 spiro atoms. The van der Waals surface area contributed by atoms with Crippen molar-refractivity contribution in [2.75, 3.05) is 5.06 Å². The van der Waals surface area contributed by atoms with Crippen molar-refractivity contribution in [1.82, 2.24) is 0 Å². The van der Waals surface area contributed by atoms with E-state index in [1.807, 2.05) is 42.5 Å². The molecule has 5 heteroatoms. The molecule has 0 unspecified atom stereocenters. The Morgan fingerprint density at radius 2 is 2.00 bits per heavy atom. The second-order valence-electron chi connectivity index (χ2n) is 5.03. The van der Waals surface area contributed by atoms with Crippen LogP contribution in [0.2, 0.25) is 0 Å². The fraction of sp³-hybridized carbons (Fsp3) is 0.188. The summed E-state index contributed by atoms with van der Waals surface area (Å²) in [6.07, 6.45) is 0.421. The van der Waals surface area contributed by atoms with Gasteiger partial charge in [-0.15, -0.1) is 0 Å². The number of carbonyl (C=O) groups excluding carboxylic acids is 1. The largest absolute Gasteiger partial charge is 0.489 e. The summed E-state index contributed by atoms with van der Waals surface area (Å²) in [4.78, 5) is 11.7. The van der Waals surface area contributed by atoms with Crippen LogP contribution in [-0.2, 0) is 17.8 Å². The van der Waals surface area contributed by atoms with E-state index in [0.717, 1.165) is 11.1 Å². The van der Waals surface area contributed by atoms with Gasteiger partial charge in [0.1, 0.15) is 12.4 Å². The van der Waals surface area contributed by atoms with Crippen LogP contribution in [0, 0.1) is 0 Å². The SMILES string of the molecule is N[C@H]1Cc2ccc(OCc3ccccc3)cc2N(O)C1=O. The predicted molar refractivity (Wildman–Crippen MR) is 78.2 cm³/mol. The van der Waals surface area contributed by atoms with Crippen molar-refractivity contribution in [3.05, 3.63) is 59.7 Å². The topological polar surface area (TPSA) is 75.8 Å². The maximum Gasteiger partial charge on any atom is 0.267 e. The Morgan fingerprint density at radius 3 is 2.76 bits per heavy atom. The number of nitrogens with zero attached hydrogens (tertiary/aromatic N) is 1. The van der Waals surface area contributed by atoms with E-state index in [4.69, 9.17) is 10.5 Å². The van der Waals surface area contributed by atoms with Crippen molar-refractivity contribution < 1.29 is 14.7 Å². The van der Waals surface area contributed by atoms with Gasteiger partial charge in [0, 0.05) is 6.07 Å². The number of ether oxygens (including phenoxy) is 1. The normalized spacial score (nSPS) is 17.5. The molecule has 0 bridgehead atoms. The zero-order chi connectivity index (χ0) is 14.8. The number of fused-ring (bicyclic) bond motifs is 1. The molecule has 1 heterocycles. The summed E-state index contributed by atoms with van der Waals surface area (Å²) in [6.45, 7) is 0.429. The van der Waals surface area contributed by atoms with Crippen LogP contribution in [0.3, 0.4) is 0 Å². The molecule has 0 aliphatic carbocycles. The van der Waals surface area contributed by atoms with Crippen LogP contribution in [0.5, 0.6) is 5.75 Å². The van der Waals surface area contributed by atoms with E-state index in [1.54, 1.807) is 6.07 Å².